The van der Waals surface area contributed by atoms with E-state index in [0.717, 1.165) is 10.9 Å². The van der Waals surface area contributed by atoms with E-state index in [1.165, 1.54) is 17.8 Å². The van der Waals surface area contributed by atoms with Gasteiger partial charge in [0.1, 0.15) is 42.4 Å². The number of aliphatic hydroxyl groups is 4. The van der Waals surface area contributed by atoms with Crippen LogP contribution in [0.2, 0.25) is 0 Å². The van der Waals surface area contributed by atoms with Crippen molar-refractivity contribution in [2.45, 2.75) is 55.5 Å². The number of aromatic nitrogens is 4. The van der Waals surface area contributed by atoms with E-state index in [0.29, 0.717) is 0 Å². The molecule has 0 amide bonds. The van der Waals surface area contributed by atoms with Crippen molar-refractivity contribution in [3.05, 3.63) is 18.1 Å². The van der Waals surface area contributed by atoms with Crippen LogP contribution in [0.5, 0.6) is 0 Å². The van der Waals surface area contributed by atoms with E-state index in [1.807, 2.05) is 0 Å². The number of fused-ring (bicyclic) bond motifs is 7. The first-order valence-electron chi connectivity index (χ1n) is 10.4. The van der Waals surface area contributed by atoms with Crippen molar-refractivity contribution in [1.29, 1.82) is 5.41 Å². The van der Waals surface area contributed by atoms with Crippen molar-refractivity contribution >= 4 is 26.8 Å². The summed E-state index contributed by atoms with van der Waals surface area (Å²) in [5, 5.41) is 50.5. The predicted molar refractivity (Wildman–Crippen MR) is 108 cm³/mol. The SMILES string of the molecule is C[C@]12COP(=O)(O)OP(=O)([O-])OC[C@@H]3O[C@@H](C(O)C3O)n3cnc4c(=N)n(cnc43)[C@H](O1)C(O)C2O. The Labute approximate surface area is 201 Å². The van der Waals surface area contributed by atoms with Crippen LogP contribution in [0.15, 0.2) is 12.7 Å². The smallest absolute Gasteiger partial charge is 0.478 e. The lowest BCUT2D eigenvalue weighted by Gasteiger charge is -2.30. The van der Waals surface area contributed by atoms with Gasteiger partial charge in [-0.05, 0) is 6.92 Å². The molecule has 0 aromatic carbocycles. The summed E-state index contributed by atoms with van der Waals surface area (Å²) >= 11 is 0. The van der Waals surface area contributed by atoms with E-state index in [-0.39, 0.29) is 16.7 Å². The second-order valence-corrected chi connectivity index (χ2v) is 11.7. The second-order valence-electron chi connectivity index (χ2n) is 8.69. The Bertz CT molecular complexity index is 1340. The van der Waals surface area contributed by atoms with E-state index in [4.69, 9.17) is 19.4 Å². The number of nitrogens with zero attached hydrogens (tertiary/aromatic N) is 4. The van der Waals surface area contributed by atoms with Crippen LogP contribution < -0.4 is 10.4 Å². The number of nitrogens with one attached hydrogen (secondary N) is 1. The maximum atomic E-state index is 12.3. The molecular formula is C16H22N5O13P2-. The number of ether oxygens (including phenoxy) is 2. The van der Waals surface area contributed by atoms with Crippen LogP contribution in [0.1, 0.15) is 19.4 Å². The minimum Gasteiger partial charge on any atom is -0.756 e. The minimum absolute atomic E-state index is 0.0314. The zero-order valence-electron chi connectivity index (χ0n) is 18.3. The van der Waals surface area contributed by atoms with Crippen LogP contribution in [-0.4, -0.2) is 93.8 Å². The summed E-state index contributed by atoms with van der Waals surface area (Å²) < 4.78 is 51.2. The van der Waals surface area contributed by atoms with Crippen molar-refractivity contribution in [3.8, 4) is 0 Å². The molecule has 6 heterocycles. The first-order chi connectivity index (χ1) is 16.7. The molecule has 2 saturated heterocycles. The van der Waals surface area contributed by atoms with Gasteiger partial charge >= 0.3 is 7.82 Å². The lowest BCUT2D eigenvalue weighted by molar-refractivity contribution is -0.221. The molecular weight excluding hydrogens is 532 g/mol. The average Bonchev–Trinajstić information content (AvgIpc) is 3.41. The highest BCUT2D eigenvalue weighted by Crippen LogP contribution is 2.59. The molecule has 36 heavy (non-hydrogen) atoms. The Kier molecular flexibility index (Phi) is 6.29. The molecule has 0 aliphatic carbocycles. The van der Waals surface area contributed by atoms with Crippen LogP contribution in [0.4, 0.5) is 0 Å². The van der Waals surface area contributed by atoms with Gasteiger partial charge < -0.3 is 44.2 Å². The fourth-order valence-electron chi connectivity index (χ4n) is 4.24. The summed E-state index contributed by atoms with van der Waals surface area (Å²) in [5.41, 5.74) is -2.18. The third-order valence-electron chi connectivity index (χ3n) is 6.19. The van der Waals surface area contributed by atoms with Gasteiger partial charge in [-0.25, -0.2) is 18.8 Å². The third kappa shape index (κ3) is 4.27. The number of rotatable bonds is 0. The Morgan fingerprint density at radius 2 is 1.78 bits per heavy atom. The zero-order chi connectivity index (χ0) is 26.2. The van der Waals surface area contributed by atoms with Crippen molar-refractivity contribution in [3.63, 3.8) is 0 Å². The van der Waals surface area contributed by atoms with Crippen LogP contribution in [0.25, 0.3) is 11.2 Å². The molecule has 0 saturated carbocycles. The maximum Gasteiger partial charge on any atom is 0.478 e. The lowest BCUT2D eigenvalue weighted by atomic mass is 9.99. The normalized spacial score (nSPS) is 45.8. The van der Waals surface area contributed by atoms with Gasteiger partial charge in [-0.3, -0.25) is 23.6 Å². The topological polar surface area (TPSA) is 264 Å². The molecule has 6 rings (SSSR count). The largest absolute Gasteiger partial charge is 0.756 e. The molecule has 0 radical (unpaired) electrons. The molecule has 0 spiro atoms. The molecule has 20 heteroatoms. The van der Waals surface area contributed by atoms with Gasteiger partial charge in [0.15, 0.2) is 29.1 Å². The van der Waals surface area contributed by atoms with Crippen LogP contribution in [0.3, 0.4) is 0 Å². The fourth-order valence-corrected chi connectivity index (χ4v) is 6.38. The quantitative estimate of drug-likeness (QED) is 0.177. The van der Waals surface area contributed by atoms with E-state index in [9.17, 15) is 39.3 Å². The van der Waals surface area contributed by atoms with Gasteiger partial charge in [-0.2, -0.15) is 0 Å². The molecule has 18 nitrogen and oxygen atoms in total. The summed E-state index contributed by atoms with van der Waals surface area (Å²) in [7, 11) is -10.9. The van der Waals surface area contributed by atoms with Gasteiger partial charge in [-0.15, -0.1) is 0 Å². The second kappa shape index (κ2) is 8.71. The number of imidazole rings is 1. The zero-order valence-corrected chi connectivity index (χ0v) is 20.1. The molecule has 200 valence electrons. The van der Waals surface area contributed by atoms with E-state index < -0.39 is 77.4 Å². The monoisotopic (exact) mass is 554 g/mol. The Balaban J connectivity index is 1.60. The van der Waals surface area contributed by atoms with Gasteiger partial charge in [-0.1, -0.05) is 0 Å². The lowest BCUT2D eigenvalue weighted by Crippen LogP contribution is -2.44. The number of phosphoric ester groups is 2. The molecule has 2 aromatic rings. The molecule has 4 aliphatic rings. The van der Waals surface area contributed by atoms with Gasteiger partial charge in [0.25, 0.3) is 7.82 Å². The highest BCUT2D eigenvalue weighted by atomic mass is 31.3. The van der Waals surface area contributed by atoms with E-state index in [1.54, 1.807) is 0 Å². The Morgan fingerprint density at radius 3 is 2.50 bits per heavy atom. The van der Waals surface area contributed by atoms with Crippen molar-refractivity contribution in [2.24, 2.45) is 0 Å². The number of aliphatic hydroxyl groups excluding tert-OH is 4. The summed E-state index contributed by atoms with van der Waals surface area (Å²) in [4.78, 5) is 30.3. The Morgan fingerprint density at radius 1 is 1.08 bits per heavy atom. The van der Waals surface area contributed by atoms with E-state index in [2.05, 4.69) is 18.8 Å². The molecule has 4 aliphatic heterocycles. The molecule has 8 bridgehead atoms. The predicted octanol–water partition coefficient (Wildman–Crippen LogP) is -3.03. The highest BCUT2D eigenvalue weighted by molar-refractivity contribution is 7.60. The number of phosphoric acid groups is 2. The summed E-state index contributed by atoms with van der Waals surface area (Å²) in [6, 6.07) is 0. The third-order valence-corrected chi connectivity index (χ3v) is 8.73. The van der Waals surface area contributed by atoms with Crippen molar-refractivity contribution < 1.29 is 62.2 Å². The van der Waals surface area contributed by atoms with E-state index >= 15 is 0 Å². The van der Waals surface area contributed by atoms with Gasteiger partial charge in [0, 0.05) is 0 Å². The van der Waals surface area contributed by atoms with Gasteiger partial charge in [0.05, 0.1) is 19.5 Å². The number of hydrogen-bond acceptors (Lipinski definition) is 15. The Hall–Kier alpha value is -1.63. The van der Waals surface area contributed by atoms with Crippen LogP contribution in [-0.2, 0) is 32.0 Å². The van der Waals surface area contributed by atoms with Crippen LogP contribution in [0, 0.1) is 5.41 Å². The summed E-state index contributed by atoms with van der Waals surface area (Å²) in [6.45, 7) is -0.617. The molecule has 10 atom stereocenters. The standard InChI is InChI=1S/C16H23N5O13P2/c1-16-3-31-36(28,29)34-35(26,27)30-2-6-8(22)9(23)14(32-6)21-4-18-7-12(17)20(5-19-13(7)21)15(33-16)10(24)11(16)25/h4-6,8-11,14-15,17,22-25H,2-3H2,1H3,(H,26,27)(H,28,29)/p-1/t6-,8?,9?,10?,11?,14-,15+,16+/m0/s1. The summed E-state index contributed by atoms with van der Waals surface area (Å²) in [5.74, 6) is 0. The summed E-state index contributed by atoms with van der Waals surface area (Å²) in [6.07, 6.45) is -8.60. The highest BCUT2D eigenvalue weighted by Gasteiger charge is 2.53. The fraction of sp³-hybridized carbons (Fsp3) is 0.688. The maximum absolute atomic E-state index is 12.3. The molecule has 6 unspecified atom stereocenters. The molecule has 6 N–H and O–H groups in total. The average molecular weight is 554 g/mol. The first-order valence-corrected chi connectivity index (χ1v) is 13.4. The molecule has 2 fully saturated rings. The van der Waals surface area contributed by atoms with Crippen molar-refractivity contribution in [2.75, 3.05) is 13.2 Å². The van der Waals surface area contributed by atoms with Gasteiger partial charge in [0.2, 0.25) is 0 Å². The molecule has 2 aromatic heterocycles. The minimum atomic E-state index is -5.52. The first kappa shape index (κ1) is 26.0. The van der Waals surface area contributed by atoms with Crippen molar-refractivity contribution in [1.82, 2.24) is 19.1 Å². The number of hydrogen-bond donors (Lipinski definition) is 6. The van der Waals surface area contributed by atoms with Crippen LogP contribution >= 0.6 is 15.6 Å².